The molecule has 0 bridgehead atoms. The number of hydrogen-bond donors (Lipinski definition) is 0. The van der Waals surface area contributed by atoms with Crippen molar-refractivity contribution in [2.75, 3.05) is 0 Å². The quantitative estimate of drug-likeness (QED) is 0.528. The predicted molar refractivity (Wildman–Crippen MR) is 46.3 cm³/mol. The summed E-state index contributed by atoms with van der Waals surface area (Å²) in [5.41, 5.74) is 0. The maximum absolute atomic E-state index is 2.38. The molecule has 0 fully saturated rings. The van der Waals surface area contributed by atoms with Crippen LogP contribution in [0.25, 0.3) is 0 Å². The predicted octanol–water partition coefficient (Wildman–Crippen LogP) is 3.24. The van der Waals surface area contributed by atoms with Gasteiger partial charge in [0.2, 0.25) is 0 Å². The topological polar surface area (TPSA) is 0 Å². The van der Waals surface area contributed by atoms with Gasteiger partial charge in [-0.25, -0.2) is 0 Å². The molecule has 54 valence electrons. The molecule has 9 heavy (non-hydrogen) atoms. The molecule has 2 unspecified atom stereocenters. The second kappa shape index (κ2) is 5.33. The third-order valence-electron chi connectivity index (χ3n) is 1.94. The molecule has 0 aliphatic heterocycles. The van der Waals surface area contributed by atoms with Crippen LogP contribution in [0.15, 0.2) is 0 Å². The second-order valence-corrected chi connectivity index (χ2v) is 5.62. The van der Waals surface area contributed by atoms with Gasteiger partial charge in [0.15, 0.2) is 0 Å². The maximum atomic E-state index is 2.38. The minimum absolute atomic E-state index is 0. The van der Waals surface area contributed by atoms with E-state index < -0.39 is 0 Å². The fraction of sp³-hybridized carbons (Fsp3) is 1.00. The fourth-order valence-electron chi connectivity index (χ4n) is 0.833. The normalized spacial score (nSPS) is 16.4. The summed E-state index contributed by atoms with van der Waals surface area (Å²) in [4.78, 5) is 0. The third-order valence-corrected chi connectivity index (χ3v) is 4.20. The van der Waals surface area contributed by atoms with Gasteiger partial charge in [0.25, 0.3) is 0 Å². The monoisotopic (exact) mass is 142 g/mol. The van der Waals surface area contributed by atoms with Crippen LogP contribution >= 0.6 is 0 Å². The molecule has 0 amide bonds. The Morgan fingerprint density at radius 2 is 1.44 bits per heavy atom. The average molecular weight is 142 g/mol. The van der Waals surface area contributed by atoms with E-state index in [2.05, 4.69) is 27.7 Å². The van der Waals surface area contributed by atoms with Gasteiger partial charge in [-0.1, -0.05) is 0 Å². The Morgan fingerprint density at radius 1 is 1.11 bits per heavy atom. The van der Waals surface area contributed by atoms with Gasteiger partial charge in [-0.2, -0.15) is 0 Å². The van der Waals surface area contributed by atoms with Gasteiger partial charge in [0.1, 0.15) is 0 Å². The number of rotatable bonds is 4. The summed E-state index contributed by atoms with van der Waals surface area (Å²) in [6, 6.07) is 0. The summed E-state index contributed by atoms with van der Waals surface area (Å²) in [7, 11) is 0. The van der Waals surface area contributed by atoms with E-state index in [0.717, 1.165) is 24.8 Å². The van der Waals surface area contributed by atoms with Crippen LogP contribution in [0.5, 0.6) is 0 Å². The van der Waals surface area contributed by atoms with Crippen LogP contribution in [0.1, 0.15) is 42.0 Å². The molecule has 0 aliphatic carbocycles. The molecule has 0 rings (SSSR count). The fourth-order valence-corrected chi connectivity index (χ4v) is 2.50. The van der Waals surface area contributed by atoms with Gasteiger partial charge < -0.3 is 1.43 Å². The van der Waals surface area contributed by atoms with E-state index in [9.17, 15) is 0 Å². The van der Waals surface area contributed by atoms with Gasteiger partial charge in [-0.15, -0.1) is 0 Å². The van der Waals surface area contributed by atoms with Crippen molar-refractivity contribution in [3.63, 3.8) is 0 Å². The molecule has 0 N–H and O–H groups in total. The first-order valence-corrected chi connectivity index (χ1v) is 5.39. The van der Waals surface area contributed by atoms with Crippen LogP contribution in [-0.4, -0.2) is 15.2 Å². The van der Waals surface area contributed by atoms with E-state index in [0.29, 0.717) is 0 Å². The largest absolute Gasteiger partial charge is 1.00 e. The van der Waals surface area contributed by atoms with Crippen LogP contribution in [0.2, 0.25) is 9.56 Å². The summed E-state index contributed by atoms with van der Waals surface area (Å²) in [6.45, 7) is 9.34. The minimum atomic E-state index is 0. The Labute approximate surface area is 67.2 Å². The molecule has 0 aromatic rings. The zero-order valence-corrected chi connectivity index (χ0v) is 8.30. The van der Waals surface area contributed by atoms with Gasteiger partial charge in [-0.05, 0) is 0 Å². The van der Waals surface area contributed by atoms with Crippen LogP contribution in [0.3, 0.4) is 0 Å². The van der Waals surface area contributed by atoms with E-state index in [1.807, 2.05) is 0 Å². The van der Waals surface area contributed by atoms with Crippen molar-refractivity contribution in [2.24, 2.45) is 0 Å². The van der Waals surface area contributed by atoms with Crippen molar-refractivity contribution in [1.29, 1.82) is 0 Å². The average Bonchev–Trinajstić information content (AvgIpc) is 1.87. The first-order chi connectivity index (χ1) is 4.20. The van der Waals surface area contributed by atoms with Crippen LogP contribution in [0.4, 0.5) is 0 Å². The van der Waals surface area contributed by atoms with E-state index >= 15 is 0 Å². The SMILES string of the molecule is CC[CH](C)[Al+][CH](C)CC.[H-]. The molecule has 1 heteroatoms. The molecule has 0 saturated heterocycles. The summed E-state index contributed by atoms with van der Waals surface area (Å²) < 4.78 is 2.03. The molecule has 0 heterocycles. The van der Waals surface area contributed by atoms with Gasteiger partial charge in [-0.3, -0.25) is 0 Å². The molecule has 0 aromatic heterocycles. The third kappa shape index (κ3) is 5.00. The smallest absolute Gasteiger partial charge is 1.00 e. The zero-order chi connectivity index (χ0) is 7.28. The van der Waals surface area contributed by atoms with Crippen molar-refractivity contribution < 1.29 is 1.43 Å². The second-order valence-electron chi connectivity index (χ2n) is 2.96. The van der Waals surface area contributed by atoms with Crippen LogP contribution in [0, 0.1) is 0 Å². The van der Waals surface area contributed by atoms with E-state index in [1.54, 1.807) is 0 Å². The summed E-state index contributed by atoms with van der Waals surface area (Å²) >= 11 is 0.720. The first kappa shape index (κ1) is 9.53. The van der Waals surface area contributed by atoms with Crippen molar-refractivity contribution in [3.8, 4) is 0 Å². The Hall–Kier alpha value is 0.532. The summed E-state index contributed by atoms with van der Waals surface area (Å²) in [5.74, 6) is 0. The minimum Gasteiger partial charge on any atom is -1.00 e. The Bertz CT molecular complexity index is 58.3. The van der Waals surface area contributed by atoms with E-state index in [1.165, 1.54) is 12.8 Å². The molecule has 2 atom stereocenters. The number of hydrogen-bond acceptors (Lipinski definition) is 0. The molecule has 0 spiro atoms. The van der Waals surface area contributed by atoms with Gasteiger partial charge in [0.05, 0.1) is 0 Å². The molecule has 0 radical (unpaired) electrons. The molecule has 0 saturated carbocycles. The van der Waals surface area contributed by atoms with Gasteiger partial charge in [0, 0.05) is 0 Å². The standard InChI is InChI=1S/2C4H9.Al.H/c2*1-3-4-2;;/h2*3H,4H2,1-2H3;;/q;;+1;-1. The molecule has 0 aliphatic rings. The van der Waals surface area contributed by atoms with Crippen LogP contribution < -0.4 is 0 Å². The summed E-state index contributed by atoms with van der Waals surface area (Å²) in [5, 5.41) is 0. The van der Waals surface area contributed by atoms with Crippen molar-refractivity contribution in [1.82, 2.24) is 0 Å². The molecule has 0 aromatic carbocycles. The Morgan fingerprint density at radius 3 is 1.67 bits per heavy atom. The van der Waals surface area contributed by atoms with Gasteiger partial charge >= 0.3 is 65.3 Å². The molecule has 0 nitrogen and oxygen atoms in total. The van der Waals surface area contributed by atoms with Crippen molar-refractivity contribution in [2.45, 2.75) is 50.1 Å². The van der Waals surface area contributed by atoms with Crippen LogP contribution in [-0.2, 0) is 0 Å². The Kier molecular flexibility index (Phi) is 5.64. The molecular formula is C8H19Al. The maximum Gasteiger partial charge on any atom is -1.00 e. The Balaban J connectivity index is 0. The zero-order valence-electron chi connectivity index (χ0n) is 8.15. The first-order valence-electron chi connectivity index (χ1n) is 4.05. The van der Waals surface area contributed by atoms with E-state index in [-0.39, 0.29) is 1.43 Å². The molecular weight excluding hydrogens is 123 g/mol. The van der Waals surface area contributed by atoms with Crippen molar-refractivity contribution in [3.05, 3.63) is 0 Å². The summed E-state index contributed by atoms with van der Waals surface area (Å²) in [6.07, 6.45) is 2.75. The van der Waals surface area contributed by atoms with E-state index in [4.69, 9.17) is 0 Å². The van der Waals surface area contributed by atoms with Crippen molar-refractivity contribution >= 4 is 15.2 Å².